The van der Waals surface area contributed by atoms with Crippen LogP contribution in [0.4, 0.5) is 0 Å². The van der Waals surface area contributed by atoms with Crippen LogP contribution in [-0.4, -0.2) is 37.7 Å². The molecule has 0 spiro atoms. The van der Waals surface area contributed by atoms with Gasteiger partial charge in [-0.1, -0.05) is 25.1 Å². The van der Waals surface area contributed by atoms with Crippen molar-refractivity contribution in [2.24, 2.45) is 4.99 Å². The van der Waals surface area contributed by atoms with Crippen LogP contribution in [0.5, 0.6) is 0 Å². The quantitative estimate of drug-likeness (QED) is 0.533. The van der Waals surface area contributed by atoms with Crippen molar-refractivity contribution in [3.8, 4) is 0 Å². The summed E-state index contributed by atoms with van der Waals surface area (Å²) in [7, 11) is 8.39. The first kappa shape index (κ1) is 10.1. The Bertz CT molecular complexity index is 260. The first-order valence-corrected chi connectivity index (χ1v) is 5.56. The van der Waals surface area contributed by atoms with E-state index in [1.165, 1.54) is 18.7 Å². The molecule has 1 fully saturated rings. The Morgan fingerprint density at radius 3 is 3.00 bits per heavy atom. The monoisotopic (exact) mass is 190 g/mol. The molecule has 2 unspecified atom stereocenters. The van der Waals surface area contributed by atoms with Crippen LogP contribution in [0.25, 0.3) is 0 Å². The Hall–Kier alpha value is -0.465. The van der Waals surface area contributed by atoms with Gasteiger partial charge in [-0.25, -0.2) is 0 Å². The molecule has 3 heteroatoms. The van der Waals surface area contributed by atoms with Crippen molar-refractivity contribution in [3.63, 3.8) is 0 Å². The van der Waals surface area contributed by atoms with Gasteiger partial charge in [0, 0.05) is 7.05 Å². The van der Waals surface area contributed by atoms with Gasteiger partial charge >= 0.3 is 0 Å². The molecule has 0 aromatic carbocycles. The summed E-state index contributed by atoms with van der Waals surface area (Å²) >= 11 is 0. The number of hydrogen-bond acceptors (Lipinski definition) is 2. The third-order valence-corrected chi connectivity index (χ3v) is 3.73. The van der Waals surface area contributed by atoms with Crippen molar-refractivity contribution in [1.82, 2.24) is 4.90 Å². The molecule has 1 heterocycles. The maximum Gasteiger partial charge on any atom is 0.0962 e. The number of nitrogens with zero attached hydrogens (tertiary/aromatic N) is 2. The fourth-order valence-electron chi connectivity index (χ4n) is 2.78. The van der Waals surface area contributed by atoms with Crippen LogP contribution in [0.2, 0.25) is 5.31 Å². The van der Waals surface area contributed by atoms with Crippen molar-refractivity contribution >= 4 is 13.7 Å². The molecule has 2 nitrogen and oxygen atoms in total. The summed E-state index contributed by atoms with van der Waals surface area (Å²) in [5.41, 5.74) is 0. The Morgan fingerprint density at radius 1 is 1.57 bits per heavy atom. The molecule has 0 aromatic rings. The molecular formula is C11H19BN2. The van der Waals surface area contributed by atoms with Gasteiger partial charge in [0.1, 0.15) is 0 Å². The lowest BCUT2D eigenvalue weighted by molar-refractivity contribution is 0.329. The molecule has 76 valence electrons. The molecular weight excluding hydrogens is 171 g/mol. The molecule has 0 bridgehead atoms. The van der Waals surface area contributed by atoms with Gasteiger partial charge in [0.05, 0.1) is 25.8 Å². The lowest BCUT2D eigenvalue weighted by Crippen LogP contribution is -2.35. The van der Waals surface area contributed by atoms with E-state index in [0.717, 1.165) is 12.8 Å². The third kappa shape index (κ3) is 1.69. The molecule has 0 saturated heterocycles. The van der Waals surface area contributed by atoms with Crippen LogP contribution in [0.15, 0.2) is 4.99 Å². The molecule has 0 N–H and O–H groups in total. The van der Waals surface area contributed by atoms with Gasteiger partial charge in [0.15, 0.2) is 0 Å². The predicted molar refractivity (Wildman–Crippen MR) is 61.0 cm³/mol. The molecule has 1 saturated carbocycles. The minimum Gasteiger partial charge on any atom is -0.359 e. The standard InChI is InChI=1S/C11H19BN2/c1-8-13-9-7-11(2,12)6-4-5-10(9)14(8)3/h9-10H,4-7H2,1-3H3/t9-,10?,11?/m0/s1. The SMILES string of the molecule is [B]C1(C)CCCC2[C@H](C1)N=C(C)N2C. The van der Waals surface area contributed by atoms with E-state index in [2.05, 4.69) is 25.8 Å². The zero-order valence-corrected chi connectivity index (χ0v) is 9.45. The van der Waals surface area contributed by atoms with E-state index >= 15 is 0 Å². The molecule has 14 heavy (non-hydrogen) atoms. The fourth-order valence-corrected chi connectivity index (χ4v) is 2.78. The lowest BCUT2D eigenvalue weighted by atomic mass is 9.65. The smallest absolute Gasteiger partial charge is 0.0962 e. The second kappa shape index (κ2) is 3.28. The maximum absolute atomic E-state index is 6.24. The van der Waals surface area contributed by atoms with Gasteiger partial charge < -0.3 is 4.90 Å². The fraction of sp³-hybridized carbons (Fsp3) is 0.909. The molecule has 2 aliphatic rings. The van der Waals surface area contributed by atoms with E-state index in [9.17, 15) is 0 Å². The Kier molecular flexibility index (Phi) is 2.36. The highest BCUT2D eigenvalue weighted by molar-refractivity contribution is 6.14. The Labute approximate surface area is 88.2 Å². The maximum atomic E-state index is 6.24. The van der Waals surface area contributed by atoms with E-state index < -0.39 is 0 Å². The second-order valence-electron chi connectivity index (χ2n) is 5.17. The van der Waals surface area contributed by atoms with Gasteiger partial charge in [-0.3, -0.25) is 4.99 Å². The summed E-state index contributed by atoms with van der Waals surface area (Å²) in [4.78, 5) is 7.04. The van der Waals surface area contributed by atoms with Crippen molar-refractivity contribution < 1.29 is 0 Å². The lowest BCUT2D eigenvalue weighted by Gasteiger charge is -2.27. The average Bonchev–Trinajstić information content (AvgIpc) is 2.28. The normalized spacial score (nSPS) is 43.1. The van der Waals surface area contributed by atoms with Crippen LogP contribution < -0.4 is 0 Å². The summed E-state index contributed by atoms with van der Waals surface area (Å²) in [5, 5.41) is -0.00558. The van der Waals surface area contributed by atoms with Crippen molar-refractivity contribution in [3.05, 3.63) is 0 Å². The van der Waals surface area contributed by atoms with Gasteiger partial charge in [-0.2, -0.15) is 0 Å². The van der Waals surface area contributed by atoms with E-state index in [-0.39, 0.29) is 5.31 Å². The largest absolute Gasteiger partial charge is 0.359 e. The topological polar surface area (TPSA) is 15.6 Å². The van der Waals surface area contributed by atoms with Crippen LogP contribution in [-0.2, 0) is 0 Å². The number of rotatable bonds is 0. The highest BCUT2D eigenvalue weighted by Crippen LogP contribution is 2.41. The summed E-state index contributed by atoms with van der Waals surface area (Å²) < 4.78 is 0. The number of hydrogen-bond donors (Lipinski definition) is 0. The third-order valence-electron chi connectivity index (χ3n) is 3.73. The number of likely N-dealkylation sites (N-methyl/N-ethyl adjacent to an activating group) is 1. The molecule has 1 aliphatic carbocycles. The molecule has 2 radical (unpaired) electrons. The Balaban J connectivity index is 2.17. The van der Waals surface area contributed by atoms with Crippen LogP contribution in [0.1, 0.15) is 39.5 Å². The van der Waals surface area contributed by atoms with Gasteiger partial charge in [0.25, 0.3) is 0 Å². The number of amidine groups is 1. The van der Waals surface area contributed by atoms with E-state index in [4.69, 9.17) is 12.8 Å². The molecule has 1 aliphatic heterocycles. The van der Waals surface area contributed by atoms with Gasteiger partial charge in [-0.15, -0.1) is 0 Å². The second-order valence-corrected chi connectivity index (χ2v) is 5.17. The highest BCUT2D eigenvalue weighted by Gasteiger charge is 2.37. The number of fused-ring (bicyclic) bond motifs is 1. The summed E-state index contributed by atoms with van der Waals surface area (Å²) in [6.45, 7) is 4.26. The zero-order chi connectivity index (χ0) is 10.3. The summed E-state index contributed by atoms with van der Waals surface area (Å²) in [6.07, 6.45) is 4.66. The van der Waals surface area contributed by atoms with Crippen LogP contribution in [0.3, 0.4) is 0 Å². The first-order chi connectivity index (χ1) is 6.49. The van der Waals surface area contributed by atoms with Crippen molar-refractivity contribution in [1.29, 1.82) is 0 Å². The highest BCUT2D eigenvalue weighted by atomic mass is 15.3. The predicted octanol–water partition coefficient (Wildman–Crippen LogP) is 2.01. The number of aliphatic imine (C=N–C) groups is 1. The van der Waals surface area contributed by atoms with E-state index in [0.29, 0.717) is 12.1 Å². The molecule has 0 aromatic heterocycles. The molecule has 0 amide bonds. The van der Waals surface area contributed by atoms with Gasteiger partial charge in [-0.05, 0) is 19.8 Å². The van der Waals surface area contributed by atoms with E-state index in [1.807, 2.05) is 0 Å². The molecule has 2 rings (SSSR count). The van der Waals surface area contributed by atoms with Crippen molar-refractivity contribution in [2.75, 3.05) is 7.05 Å². The minimum atomic E-state index is -0.00558. The Morgan fingerprint density at radius 2 is 2.29 bits per heavy atom. The van der Waals surface area contributed by atoms with Crippen LogP contribution >= 0.6 is 0 Å². The summed E-state index contributed by atoms with van der Waals surface area (Å²) in [5.74, 6) is 1.18. The van der Waals surface area contributed by atoms with Gasteiger partial charge in [0.2, 0.25) is 0 Å². The minimum absolute atomic E-state index is 0.00558. The summed E-state index contributed by atoms with van der Waals surface area (Å²) in [6, 6.07) is 1.05. The first-order valence-electron chi connectivity index (χ1n) is 5.56. The van der Waals surface area contributed by atoms with Crippen molar-refractivity contribution in [2.45, 2.75) is 56.9 Å². The molecule has 3 atom stereocenters. The van der Waals surface area contributed by atoms with E-state index in [1.54, 1.807) is 0 Å². The zero-order valence-electron chi connectivity index (χ0n) is 9.45. The van der Waals surface area contributed by atoms with Crippen LogP contribution in [0, 0.1) is 0 Å². The average molecular weight is 190 g/mol.